The molecule has 0 radical (unpaired) electrons. The lowest BCUT2D eigenvalue weighted by atomic mass is 10.0. The second-order valence-electron chi connectivity index (χ2n) is 11.1. The molecule has 2 aliphatic rings. The third-order valence-electron chi connectivity index (χ3n) is 8.19. The quantitative estimate of drug-likeness (QED) is 0.221. The van der Waals surface area contributed by atoms with Gasteiger partial charge in [-0.3, -0.25) is 0 Å². The van der Waals surface area contributed by atoms with Crippen LogP contribution in [0.4, 0.5) is 38.0 Å². The van der Waals surface area contributed by atoms with Crippen LogP contribution in [0.1, 0.15) is 79.8 Å². The second-order valence-corrected chi connectivity index (χ2v) is 11.1. The highest BCUT2D eigenvalue weighted by Crippen LogP contribution is 2.38. The van der Waals surface area contributed by atoms with E-state index in [0.717, 1.165) is 55.7 Å². The van der Waals surface area contributed by atoms with E-state index < -0.39 is 23.5 Å². The molecule has 2 aliphatic carbocycles. The number of hydrogen-bond acceptors (Lipinski definition) is 4. The molecule has 1 heterocycles. The first-order valence-electron chi connectivity index (χ1n) is 14.2. The first-order chi connectivity index (χ1) is 19.5. The maximum atomic E-state index is 13.6. The van der Waals surface area contributed by atoms with Crippen LogP contribution in [0.5, 0.6) is 0 Å². The Bertz CT molecular complexity index is 1310. The number of halogens is 7. The van der Waals surface area contributed by atoms with Crippen molar-refractivity contribution in [3.05, 3.63) is 82.2 Å². The summed E-state index contributed by atoms with van der Waals surface area (Å²) in [6.07, 6.45) is 1.05. The lowest BCUT2D eigenvalue weighted by Crippen LogP contribution is -2.31. The van der Waals surface area contributed by atoms with Crippen molar-refractivity contribution < 1.29 is 26.3 Å². The van der Waals surface area contributed by atoms with Gasteiger partial charge in [-0.2, -0.15) is 26.3 Å². The molecule has 236 valence electrons. The highest BCUT2D eigenvalue weighted by molar-refractivity contribution is 5.85. The van der Waals surface area contributed by atoms with Crippen molar-refractivity contribution in [3.63, 3.8) is 0 Å². The van der Waals surface area contributed by atoms with Crippen LogP contribution in [0, 0.1) is 5.92 Å². The van der Waals surface area contributed by atoms with Gasteiger partial charge in [0.25, 0.3) is 0 Å². The number of rotatable bonds is 9. The first-order valence-corrected chi connectivity index (χ1v) is 14.2. The molecule has 5 rings (SSSR count). The van der Waals surface area contributed by atoms with Gasteiger partial charge in [0.15, 0.2) is 0 Å². The fourth-order valence-corrected chi connectivity index (χ4v) is 6.17. The monoisotopic (exact) mass is 628 g/mol. The average Bonchev–Trinajstić information content (AvgIpc) is 3.62. The Morgan fingerprint density at radius 3 is 1.91 bits per heavy atom. The summed E-state index contributed by atoms with van der Waals surface area (Å²) in [6, 6.07) is 7.76. The molecule has 43 heavy (non-hydrogen) atoms. The Hall–Kier alpha value is -3.01. The first kappa shape index (κ1) is 34.5. The van der Waals surface area contributed by atoms with E-state index in [-0.39, 0.29) is 50.5 Å². The number of benzene rings is 2. The predicted octanol–water partition coefficient (Wildman–Crippen LogP) is 9.28. The molecule has 0 bridgehead atoms. The molecule has 0 aliphatic heterocycles. The molecular weight excluding hydrogens is 590 g/mol. The summed E-state index contributed by atoms with van der Waals surface area (Å²) in [5.41, 5.74) is 1.82. The van der Waals surface area contributed by atoms with Gasteiger partial charge in [0.05, 0.1) is 11.1 Å². The SMILES string of the molecule is C.CCN(CC1CCCC1)c1cc2c(cc1CN(Cc1cc(C(F)(F)F)cc(C(F)(F)F)c1)c1ncccn1)CCC2.Cl. The van der Waals surface area contributed by atoms with Gasteiger partial charge in [-0.25, -0.2) is 9.97 Å². The molecule has 1 fully saturated rings. The molecule has 0 N–H and O–H groups in total. The fourth-order valence-electron chi connectivity index (χ4n) is 6.17. The van der Waals surface area contributed by atoms with E-state index in [1.807, 2.05) is 0 Å². The van der Waals surface area contributed by atoms with Crippen LogP contribution in [0.3, 0.4) is 0 Å². The average molecular weight is 629 g/mol. The number of aryl methyl sites for hydroxylation is 2. The topological polar surface area (TPSA) is 32.3 Å². The van der Waals surface area contributed by atoms with Crippen LogP contribution in [0.25, 0.3) is 0 Å². The highest BCUT2D eigenvalue weighted by atomic mass is 35.5. The van der Waals surface area contributed by atoms with Crippen molar-refractivity contribution in [2.75, 3.05) is 22.9 Å². The van der Waals surface area contributed by atoms with Crippen LogP contribution in [-0.2, 0) is 38.3 Å². The number of alkyl halides is 6. The van der Waals surface area contributed by atoms with Gasteiger partial charge in [-0.05, 0) is 97.5 Å². The number of anilines is 2. The van der Waals surface area contributed by atoms with Crippen LogP contribution < -0.4 is 9.80 Å². The number of fused-ring (bicyclic) bond motifs is 1. The summed E-state index contributed by atoms with van der Waals surface area (Å²) < 4.78 is 81.6. The molecule has 4 nitrogen and oxygen atoms in total. The zero-order valence-corrected chi connectivity index (χ0v) is 24.3. The minimum absolute atomic E-state index is 0. The van der Waals surface area contributed by atoms with Crippen LogP contribution in [0.2, 0.25) is 0 Å². The molecule has 1 saturated carbocycles. The molecular formula is C32H39ClF6N4. The smallest absolute Gasteiger partial charge is 0.371 e. The molecule has 0 saturated heterocycles. The lowest BCUT2D eigenvalue weighted by Gasteiger charge is -2.31. The number of aromatic nitrogens is 2. The third kappa shape index (κ3) is 8.34. The van der Waals surface area contributed by atoms with E-state index in [1.165, 1.54) is 49.2 Å². The Kier molecular flexibility index (Phi) is 11.4. The Labute approximate surface area is 255 Å². The van der Waals surface area contributed by atoms with Crippen LogP contribution in [-0.4, -0.2) is 23.1 Å². The van der Waals surface area contributed by atoms with E-state index in [1.54, 1.807) is 11.0 Å². The Morgan fingerprint density at radius 1 is 0.767 bits per heavy atom. The number of nitrogens with zero attached hydrogens (tertiary/aromatic N) is 4. The zero-order valence-electron chi connectivity index (χ0n) is 23.4. The zero-order chi connectivity index (χ0) is 29.2. The lowest BCUT2D eigenvalue weighted by molar-refractivity contribution is -0.143. The van der Waals surface area contributed by atoms with Crippen molar-refractivity contribution in [1.29, 1.82) is 0 Å². The molecule has 2 aromatic carbocycles. The van der Waals surface area contributed by atoms with Gasteiger partial charge >= 0.3 is 12.4 Å². The standard InChI is InChI=1S/C31H34F6N4.CH4.ClH/c1-2-40(18-21-7-3-4-8-21)28-16-24-10-5-9-23(24)15-25(28)20-41(29-38-11-6-12-39-29)19-22-13-26(30(32,33)34)17-27(14-22)31(35,36)37;;/h6,11-17,21H,2-5,7-10,18-20H2,1H3;1H4;1H. The fraction of sp³-hybridized carbons (Fsp3) is 0.500. The van der Waals surface area contributed by atoms with E-state index in [9.17, 15) is 26.3 Å². The third-order valence-corrected chi connectivity index (χ3v) is 8.19. The molecule has 1 aromatic heterocycles. The molecule has 0 spiro atoms. The highest BCUT2D eigenvalue weighted by Gasteiger charge is 2.37. The summed E-state index contributed by atoms with van der Waals surface area (Å²) in [5.74, 6) is 0.847. The van der Waals surface area contributed by atoms with Crippen LogP contribution >= 0.6 is 12.4 Å². The van der Waals surface area contributed by atoms with Gasteiger partial charge in [0.1, 0.15) is 0 Å². The summed E-state index contributed by atoms with van der Waals surface area (Å²) in [5, 5.41) is 0. The molecule has 0 amide bonds. The van der Waals surface area contributed by atoms with Crippen molar-refractivity contribution in [2.45, 2.75) is 84.7 Å². The van der Waals surface area contributed by atoms with Gasteiger partial charge in [-0.1, -0.05) is 26.3 Å². The molecule has 0 atom stereocenters. The largest absolute Gasteiger partial charge is 0.416 e. The maximum Gasteiger partial charge on any atom is 0.416 e. The summed E-state index contributed by atoms with van der Waals surface area (Å²) in [4.78, 5) is 12.7. The maximum absolute atomic E-state index is 13.6. The number of hydrogen-bond donors (Lipinski definition) is 0. The minimum Gasteiger partial charge on any atom is -0.371 e. The van der Waals surface area contributed by atoms with E-state index in [2.05, 4.69) is 33.9 Å². The normalized spacial score (nSPS) is 15.0. The van der Waals surface area contributed by atoms with Gasteiger partial charge in [0, 0.05) is 44.3 Å². The van der Waals surface area contributed by atoms with E-state index >= 15 is 0 Å². The van der Waals surface area contributed by atoms with Crippen molar-refractivity contribution in [1.82, 2.24) is 9.97 Å². The summed E-state index contributed by atoms with van der Waals surface area (Å²) in [7, 11) is 0. The van der Waals surface area contributed by atoms with Crippen molar-refractivity contribution in [3.8, 4) is 0 Å². The van der Waals surface area contributed by atoms with Gasteiger partial charge < -0.3 is 9.80 Å². The minimum atomic E-state index is -4.92. The van der Waals surface area contributed by atoms with Crippen molar-refractivity contribution in [2.24, 2.45) is 5.92 Å². The molecule has 3 aromatic rings. The Balaban J connectivity index is 0.00000253. The van der Waals surface area contributed by atoms with E-state index in [0.29, 0.717) is 5.92 Å². The van der Waals surface area contributed by atoms with Gasteiger partial charge in [-0.15, -0.1) is 12.4 Å². The van der Waals surface area contributed by atoms with E-state index in [4.69, 9.17) is 0 Å². The van der Waals surface area contributed by atoms with Crippen molar-refractivity contribution >= 4 is 24.0 Å². The summed E-state index contributed by atoms with van der Waals surface area (Å²) >= 11 is 0. The predicted molar refractivity (Wildman–Crippen MR) is 161 cm³/mol. The molecule has 0 unspecified atom stereocenters. The summed E-state index contributed by atoms with van der Waals surface area (Å²) in [6.45, 7) is 3.86. The second kappa shape index (κ2) is 14.2. The Morgan fingerprint density at radius 2 is 1.35 bits per heavy atom. The van der Waals surface area contributed by atoms with Crippen LogP contribution in [0.15, 0.2) is 48.8 Å². The van der Waals surface area contributed by atoms with Gasteiger partial charge in [0.2, 0.25) is 5.95 Å². The molecule has 11 heteroatoms.